The molecule has 0 aliphatic carbocycles. The van der Waals surface area contributed by atoms with Gasteiger partial charge in [0, 0.05) is 5.54 Å². The van der Waals surface area contributed by atoms with Gasteiger partial charge in [-0.3, -0.25) is 0 Å². The van der Waals surface area contributed by atoms with Crippen LogP contribution in [0.3, 0.4) is 0 Å². The first-order valence-corrected chi connectivity index (χ1v) is 8.18. The van der Waals surface area contributed by atoms with Crippen molar-refractivity contribution in [2.45, 2.75) is 44.6 Å². The topological polar surface area (TPSA) is 35.2 Å². The van der Waals surface area contributed by atoms with E-state index in [-0.39, 0.29) is 5.54 Å². The number of hydrogen-bond donors (Lipinski definition) is 1. The van der Waals surface area contributed by atoms with E-state index in [1.54, 1.807) is 7.11 Å². The Morgan fingerprint density at radius 1 is 1.32 bits per heavy atom. The van der Waals surface area contributed by atoms with E-state index in [1.165, 1.54) is 35.5 Å². The maximum absolute atomic E-state index is 6.16. The first-order chi connectivity index (χ1) is 8.99. The summed E-state index contributed by atoms with van der Waals surface area (Å²) < 4.78 is 5.47. The number of nitrogens with two attached hydrogens (primary N) is 1. The smallest absolute Gasteiger partial charge is 0.122 e. The third-order valence-corrected chi connectivity index (χ3v) is 4.69. The van der Waals surface area contributed by atoms with Crippen molar-refractivity contribution in [2.24, 2.45) is 5.73 Å². The second kappa shape index (κ2) is 6.19. The highest BCUT2D eigenvalue weighted by Crippen LogP contribution is 2.34. The molecule has 2 N–H and O–H groups in total. The fraction of sp³-hybridized carbons (Fsp3) is 0.625. The van der Waals surface area contributed by atoms with Crippen molar-refractivity contribution in [1.82, 2.24) is 0 Å². The molecule has 1 saturated heterocycles. The van der Waals surface area contributed by atoms with E-state index >= 15 is 0 Å². The molecular formula is C16H25NOS. The molecule has 1 aliphatic heterocycles. The number of rotatable bonds is 4. The molecule has 0 amide bonds. The van der Waals surface area contributed by atoms with E-state index in [9.17, 15) is 0 Å². The maximum Gasteiger partial charge on any atom is 0.122 e. The molecule has 106 valence electrons. The second-order valence-electron chi connectivity index (χ2n) is 6.12. The highest BCUT2D eigenvalue weighted by Gasteiger charge is 2.19. The van der Waals surface area contributed by atoms with Crippen LogP contribution >= 0.6 is 11.8 Å². The van der Waals surface area contributed by atoms with Gasteiger partial charge >= 0.3 is 0 Å². The van der Waals surface area contributed by atoms with Gasteiger partial charge in [0.05, 0.1) is 7.11 Å². The third kappa shape index (κ3) is 4.15. The minimum Gasteiger partial charge on any atom is -0.496 e. The summed E-state index contributed by atoms with van der Waals surface area (Å²) in [5.41, 5.74) is 8.66. The van der Waals surface area contributed by atoms with E-state index in [0.29, 0.717) is 5.92 Å². The normalized spacial score (nSPS) is 17.5. The van der Waals surface area contributed by atoms with E-state index in [1.807, 2.05) is 0 Å². The summed E-state index contributed by atoms with van der Waals surface area (Å²) in [5.74, 6) is 4.25. The van der Waals surface area contributed by atoms with Crippen molar-refractivity contribution in [3.63, 3.8) is 0 Å². The highest BCUT2D eigenvalue weighted by atomic mass is 32.2. The lowest BCUT2D eigenvalue weighted by Crippen LogP contribution is -2.34. The number of benzene rings is 1. The van der Waals surface area contributed by atoms with Crippen LogP contribution < -0.4 is 10.5 Å². The zero-order chi connectivity index (χ0) is 13.9. The quantitative estimate of drug-likeness (QED) is 0.915. The van der Waals surface area contributed by atoms with Crippen LogP contribution in [0.5, 0.6) is 5.75 Å². The Labute approximate surface area is 121 Å². The van der Waals surface area contributed by atoms with Crippen LogP contribution in [0.1, 0.15) is 43.7 Å². The standard InChI is InChI=1S/C16H25NOS/c1-16(2,17)11-14-10-13(4-5-15(14)18-3)12-6-8-19-9-7-12/h4-5,10,12H,6-9,11,17H2,1-3H3. The molecule has 1 aliphatic rings. The number of methoxy groups -OCH3 is 1. The fourth-order valence-corrected chi connectivity index (χ4v) is 3.82. The number of ether oxygens (including phenoxy) is 1. The molecular weight excluding hydrogens is 254 g/mol. The van der Waals surface area contributed by atoms with Gasteiger partial charge in [-0.2, -0.15) is 11.8 Å². The van der Waals surface area contributed by atoms with Gasteiger partial charge in [-0.1, -0.05) is 12.1 Å². The van der Waals surface area contributed by atoms with Gasteiger partial charge in [0.25, 0.3) is 0 Å². The maximum atomic E-state index is 6.16. The average Bonchev–Trinajstić information content (AvgIpc) is 2.38. The first kappa shape index (κ1) is 14.7. The van der Waals surface area contributed by atoms with Gasteiger partial charge < -0.3 is 10.5 Å². The molecule has 0 saturated carbocycles. The summed E-state index contributed by atoms with van der Waals surface area (Å²) >= 11 is 2.07. The number of thioether (sulfide) groups is 1. The molecule has 0 atom stereocenters. The molecule has 0 aromatic heterocycles. The predicted octanol–water partition coefficient (Wildman–Crippen LogP) is 3.59. The Morgan fingerprint density at radius 3 is 2.58 bits per heavy atom. The van der Waals surface area contributed by atoms with Crippen LogP contribution in [-0.4, -0.2) is 24.2 Å². The zero-order valence-corrected chi connectivity index (χ0v) is 13.1. The minimum absolute atomic E-state index is 0.200. The zero-order valence-electron chi connectivity index (χ0n) is 12.2. The molecule has 1 heterocycles. The van der Waals surface area contributed by atoms with Gasteiger partial charge in [0.1, 0.15) is 5.75 Å². The Hall–Kier alpha value is -0.670. The summed E-state index contributed by atoms with van der Waals surface area (Å²) in [6.45, 7) is 4.13. The monoisotopic (exact) mass is 279 g/mol. The van der Waals surface area contributed by atoms with Gasteiger partial charge in [-0.05, 0) is 67.7 Å². The second-order valence-corrected chi connectivity index (χ2v) is 7.35. The summed E-state index contributed by atoms with van der Waals surface area (Å²) in [5, 5.41) is 0. The lowest BCUT2D eigenvalue weighted by atomic mass is 9.89. The van der Waals surface area contributed by atoms with Crippen LogP contribution in [0, 0.1) is 0 Å². The van der Waals surface area contributed by atoms with Gasteiger partial charge in [0.2, 0.25) is 0 Å². The van der Waals surface area contributed by atoms with E-state index in [2.05, 4.69) is 43.8 Å². The molecule has 0 unspecified atom stereocenters. The van der Waals surface area contributed by atoms with Gasteiger partial charge in [-0.25, -0.2) is 0 Å². The molecule has 1 aromatic carbocycles. The van der Waals surface area contributed by atoms with Crippen molar-refractivity contribution >= 4 is 11.8 Å². The van der Waals surface area contributed by atoms with Gasteiger partial charge in [0.15, 0.2) is 0 Å². The van der Waals surface area contributed by atoms with Crippen molar-refractivity contribution < 1.29 is 4.74 Å². The van der Waals surface area contributed by atoms with Crippen LogP contribution in [0.4, 0.5) is 0 Å². The Bertz CT molecular complexity index is 419. The van der Waals surface area contributed by atoms with E-state index in [4.69, 9.17) is 10.5 Å². The largest absolute Gasteiger partial charge is 0.496 e. The Balaban J connectivity index is 2.24. The van der Waals surface area contributed by atoms with Crippen molar-refractivity contribution in [3.05, 3.63) is 29.3 Å². The summed E-state index contributed by atoms with van der Waals surface area (Å²) in [7, 11) is 1.74. The first-order valence-electron chi connectivity index (χ1n) is 7.03. The summed E-state index contributed by atoms with van der Waals surface area (Å²) in [6, 6.07) is 6.65. The molecule has 1 aromatic rings. The molecule has 0 spiro atoms. The van der Waals surface area contributed by atoms with E-state index in [0.717, 1.165) is 12.2 Å². The molecule has 0 radical (unpaired) electrons. The Morgan fingerprint density at radius 2 is 2.00 bits per heavy atom. The Kier molecular flexibility index (Phi) is 4.80. The molecule has 2 nitrogen and oxygen atoms in total. The van der Waals surface area contributed by atoms with Crippen molar-refractivity contribution in [2.75, 3.05) is 18.6 Å². The SMILES string of the molecule is COc1ccc(C2CCSCC2)cc1CC(C)(C)N. The van der Waals surface area contributed by atoms with Crippen LogP contribution in [-0.2, 0) is 6.42 Å². The lowest BCUT2D eigenvalue weighted by molar-refractivity contribution is 0.401. The molecule has 3 heteroatoms. The van der Waals surface area contributed by atoms with Crippen molar-refractivity contribution in [1.29, 1.82) is 0 Å². The molecule has 0 bridgehead atoms. The average molecular weight is 279 g/mol. The van der Waals surface area contributed by atoms with Crippen LogP contribution in [0.15, 0.2) is 18.2 Å². The molecule has 2 rings (SSSR count). The fourth-order valence-electron chi connectivity index (χ4n) is 2.71. The number of hydrogen-bond acceptors (Lipinski definition) is 3. The molecule has 19 heavy (non-hydrogen) atoms. The van der Waals surface area contributed by atoms with Gasteiger partial charge in [-0.15, -0.1) is 0 Å². The van der Waals surface area contributed by atoms with Crippen LogP contribution in [0.25, 0.3) is 0 Å². The molecule has 1 fully saturated rings. The summed E-state index contributed by atoms with van der Waals surface area (Å²) in [6.07, 6.45) is 3.44. The minimum atomic E-state index is -0.200. The lowest BCUT2D eigenvalue weighted by Gasteiger charge is -2.25. The summed E-state index contributed by atoms with van der Waals surface area (Å²) in [4.78, 5) is 0. The van der Waals surface area contributed by atoms with Crippen LogP contribution in [0.2, 0.25) is 0 Å². The van der Waals surface area contributed by atoms with Crippen molar-refractivity contribution in [3.8, 4) is 5.75 Å². The highest BCUT2D eigenvalue weighted by molar-refractivity contribution is 7.99. The predicted molar refractivity (Wildman–Crippen MR) is 84.3 cm³/mol. The van der Waals surface area contributed by atoms with E-state index < -0.39 is 0 Å². The third-order valence-electron chi connectivity index (χ3n) is 3.64.